The highest BCUT2D eigenvalue weighted by Crippen LogP contribution is 2.20. The van der Waals surface area contributed by atoms with Gasteiger partial charge in [-0.3, -0.25) is 9.69 Å². The van der Waals surface area contributed by atoms with E-state index in [0.717, 1.165) is 16.6 Å². The normalized spacial score (nSPS) is 14.5. The summed E-state index contributed by atoms with van der Waals surface area (Å²) in [5, 5.41) is 2.96. The van der Waals surface area contributed by atoms with E-state index >= 15 is 0 Å². The maximum atomic E-state index is 12.4. The minimum Gasteiger partial charge on any atom is -0.353 e. The summed E-state index contributed by atoms with van der Waals surface area (Å²) >= 11 is 3.39. The van der Waals surface area contributed by atoms with Gasteiger partial charge in [-0.2, -0.15) is 0 Å². The van der Waals surface area contributed by atoms with Gasteiger partial charge < -0.3 is 11.1 Å². The first-order valence-electron chi connectivity index (χ1n) is 7.75. The predicted molar refractivity (Wildman–Crippen MR) is 95.7 cm³/mol. The molecule has 0 heterocycles. The molecule has 5 heteroatoms. The Morgan fingerprint density at radius 1 is 1.23 bits per heavy atom. The average molecular weight is 370 g/mol. The molecule has 0 bridgehead atoms. The second-order valence-corrected chi connectivity index (χ2v) is 7.31. The molecular formula is C17H28BrN3O. The van der Waals surface area contributed by atoms with E-state index in [9.17, 15) is 4.79 Å². The van der Waals surface area contributed by atoms with Crippen molar-refractivity contribution in [1.82, 2.24) is 10.2 Å². The van der Waals surface area contributed by atoms with Crippen molar-refractivity contribution in [2.45, 2.75) is 52.2 Å². The summed E-state index contributed by atoms with van der Waals surface area (Å²) in [6, 6.07) is 8.44. The molecule has 0 aliphatic carbocycles. The molecule has 4 nitrogen and oxygen atoms in total. The molecule has 1 aromatic rings. The lowest BCUT2D eigenvalue weighted by Crippen LogP contribution is -2.51. The van der Waals surface area contributed by atoms with Crippen LogP contribution in [0.15, 0.2) is 28.7 Å². The monoisotopic (exact) mass is 369 g/mol. The van der Waals surface area contributed by atoms with Crippen LogP contribution in [0, 0.1) is 0 Å². The van der Waals surface area contributed by atoms with Gasteiger partial charge in [0.2, 0.25) is 5.91 Å². The first kappa shape index (κ1) is 19.1. The molecule has 0 fully saturated rings. The molecule has 0 aliphatic heterocycles. The highest BCUT2D eigenvalue weighted by molar-refractivity contribution is 9.10. The van der Waals surface area contributed by atoms with Crippen LogP contribution in [0.4, 0.5) is 0 Å². The van der Waals surface area contributed by atoms with Crippen molar-refractivity contribution in [3.63, 3.8) is 0 Å². The van der Waals surface area contributed by atoms with E-state index in [1.54, 1.807) is 6.92 Å². The lowest BCUT2D eigenvalue weighted by molar-refractivity contribution is -0.126. The van der Waals surface area contributed by atoms with Crippen LogP contribution in [-0.2, 0) is 10.3 Å². The number of hydrogen-bond donors (Lipinski definition) is 2. The van der Waals surface area contributed by atoms with Crippen molar-refractivity contribution >= 4 is 21.8 Å². The Morgan fingerprint density at radius 2 is 1.73 bits per heavy atom. The van der Waals surface area contributed by atoms with Crippen LogP contribution in [0.25, 0.3) is 0 Å². The topological polar surface area (TPSA) is 58.4 Å². The third-order valence-corrected chi connectivity index (χ3v) is 4.43. The number of rotatable bonds is 7. The molecule has 0 saturated carbocycles. The molecule has 22 heavy (non-hydrogen) atoms. The van der Waals surface area contributed by atoms with E-state index < -0.39 is 5.54 Å². The van der Waals surface area contributed by atoms with Gasteiger partial charge in [-0.1, -0.05) is 28.1 Å². The van der Waals surface area contributed by atoms with Crippen molar-refractivity contribution in [2.75, 3.05) is 13.1 Å². The predicted octanol–water partition coefficient (Wildman–Crippen LogP) is 2.86. The van der Waals surface area contributed by atoms with Gasteiger partial charge in [-0.05, 0) is 52.3 Å². The standard InChI is InChI=1S/C17H28BrN3O/c1-12(2)21(13(3)4)11-10-20-16(22)17(5,19)14-6-8-15(18)9-7-14/h6-9,12-13H,10-11,19H2,1-5H3,(H,20,22). The summed E-state index contributed by atoms with van der Waals surface area (Å²) in [7, 11) is 0. The Morgan fingerprint density at radius 3 is 2.18 bits per heavy atom. The Labute approximate surface area is 142 Å². The van der Waals surface area contributed by atoms with Crippen LogP contribution in [0.3, 0.4) is 0 Å². The lowest BCUT2D eigenvalue weighted by atomic mass is 9.92. The Balaban J connectivity index is 2.62. The highest BCUT2D eigenvalue weighted by atomic mass is 79.9. The fourth-order valence-corrected chi connectivity index (χ4v) is 2.79. The van der Waals surface area contributed by atoms with Gasteiger partial charge in [0.1, 0.15) is 5.54 Å². The van der Waals surface area contributed by atoms with Crippen molar-refractivity contribution in [3.8, 4) is 0 Å². The van der Waals surface area contributed by atoms with Gasteiger partial charge in [-0.15, -0.1) is 0 Å². The zero-order chi connectivity index (χ0) is 16.9. The molecule has 0 radical (unpaired) electrons. The zero-order valence-electron chi connectivity index (χ0n) is 14.2. The van der Waals surface area contributed by atoms with Crippen molar-refractivity contribution in [1.29, 1.82) is 0 Å². The number of carbonyl (C=O) groups excluding carboxylic acids is 1. The van der Waals surface area contributed by atoms with Crippen LogP contribution >= 0.6 is 15.9 Å². The smallest absolute Gasteiger partial charge is 0.244 e. The minimum absolute atomic E-state index is 0.151. The van der Waals surface area contributed by atoms with Gasteiger partial charge >= 0.3 is 0 Å². The third kappa shape index (κ3) is 5.07. The molecule has 3 N–H and O–H groups in total. The van der Waals surface area contributed by atoms with E-state index in [4.69, 9.17) is 5.73 Å². The SMILES string of the molecule is CC(C)N(CCNC(=O)C(C)(N)c1ccc(Br)cc1)C(C)C. The van der Waals surface area contributed by atoms with E-state index in [2.05, 4.69) is 53.8 Å². The third-order valence-electron chi connectivity index (χ3n) is 3.90. The van der Waals surface area contributed by atoms with Crippen LogP contribution in [0.5, 0.6) is 0 Å². The fraction of sp³-hybridized carbons (Fsp3) is 0.588. The molecule has 0 spiro atoms. The molecule has 1 atom stereocenters. The highest BCUT2D eigenvalue weighted by Gasteiger charge is 2.30. The lowest BCUT2D eigenvalue weighted by Gasteiger charge is -2.31. The molecular weight excluding hydrogens is 342 g/mol. The van der Waals surface area contributed by atoms with E-state index in [-0.39, 0.29) is 5.91 Å². The Hall–Kier alpha value is -0.910. The first-order valence-corrected chi connectivity index (χ1v) is 8.54. The fourth-order valence-electron chi connectivity index (χ4n) is 2.52. The van der Waals surface area contributed by atoms with Crippen LogP contribution in [0.1, 0.15) is 40.2 Å². The molecule has 1 amide bonds. The van der Waals surface area contributed by atoms with Crippen LogP contribution in [0.2, 0.25) is 0 Å². The van der Waals surface area contributed by atoms with Gasteiger partial charge in [0.25, 0.3) is 0 Å². The van der Waals surface area contributed by atoms with E-state index in [0.29, 0.717) is 18.6 Å². The molecule has 1 aromatic carbocycles. The molecule has 0 aliphatic rings. The summed E-state index contributed by atoms with van der Waals surface area (Å²) in [5.41, 5.74) is 6.00. The number of benzene rings is 1. The zero-order valence-corrected chi connectivity index (χ0v) is 15.8. The van der Waals surface area contributed by atoms with Crippen molar-refractivity contribution in [2.24, 2.45) is 5.73 Å². The minimum atomic E-state index is -1.03. The second-order valence-electron chi connectivity index (χ2n) is 6.39. The van der Waals surface area contributed by atoms with Crippen LogP contribution < -0.4 is 11.1 Å². The van der Waals surface area contributed by atoms with Gasteiger partial charge in [0, 0.05) is 29.6 Å². The number of nitrogens with zero attached hydrogens (tertiary/aromatic N) is 1. The van der Waals surface area contributed by atoms with E-state index in [1.807, 2.05) is 24.3 Å². The molecule has 1 rings (SSSR count). The molecule has 0 aromatic heterocycles. The van der Waals surface area contributed by atoms with Gasteiger partial charge in [0.05, 0.1) is 0 Å². The maximum Gasteiger partial charge on any atom is 0.244 e. The summed E-state index contributed by atoms with van der Waals surface area (Å²) in [6.45, 7) is 11.8. The quantitative estimate of drug-likeness (QED) is 0.776. The number of nitrogens with two attached hydrogens (primary N) is 1. The van der Waals surface area contributed by atoms with Gasteiger partial charge in [0.15, 0.2) is 0 Å². The number of amides is 1. The Bertz CT molecular complexity index is 475. The second kappa shape index (κ2) is 8.09. The summed E-state index contributed by atoms with van der Waals surface area (Å²) < 4.78 is 0.969. The van der Waals surface area contributed by atoms with Gasteiger partial charge in [-0.25, -0.2) is 0 Å². The molecule has 0 saturated heterocycles. The Kier molecular flexibility index (Phi) is 7.03. The average Bonchev–Trinajstić information content (AvgIpc) is 2.42. The summed E-state index contributed by atoms with van der Waals surface area (Å²) in [6.07, 6.45) is 0. The van der Waals surface area contributed by atoms with E-state index in [1.165, 1.54) is 0 Å². The number of carbonyl (C=O) groups is 1. The largest absolute Gasteiger partial charge is 0.353 e. The molecule has 124 valence electrons. The van der Waals surface area contributed by atoms with Crippen molar-refractivity contribution < 1.29 is 4.79 Å². The van der Waals surface area contributed by atoms with Crippen molar-refractivity contribution in [3.05, 3.63) is 34.3 Å². The number of hydrogen-bond acceptors (Lipinski definition) is 3. The summed E-state index contributed by atoms with van der Waals surface area (Å²) in [5.74, 6) is -0.151. The summed E-state index contributed by atoms with van der Waals surface area (Å²) in [4.78, 5) is 14.7. The number of halogens is 1. The van der Waals surface area contributed by atoms with Crippen LogP contribution in [-0.4, -0.2) is 36.0 Å². The maximum absolute atomic E-state index is 12.4. The number of nitrogens with one attached hydrogen (secondary N) is 1. The first-order chi connectivity index (χ1) is 10.2. The molecule has 1 unspecified atom stereocenters.